The van der Waals surface area contributed by atoms with Crippen molar-refractivity contribution in [3.05, 3.63) is 54.5 Å². The maximum atomic E-state index is 11.9. The third-order valence-electron chi connectivity index (χ3n) is 4.67. The van der Waals surface area contributed by atoms with E-state index in [1.807, 2.05) is 48.2 Å². The lowest BCUT2D eigenvalue weighted by atomic mass is 10.3. The molecule has 1 fully saturated rings. The molecule has 9 nitrogen and oxygen atoms in total. The van der Waals surface area contributed by atoms with Crippen LogP contribution in [0, 0.1) is 12.8 Å². The number of carbonyl (C=O) groups is 1. The number of benzene rings is 1. The van der Waals surface area contributed by atoms with Gasteiger partial charge in [-0.25, -0.2) is 4.98 Å². The number of aromatic nitrogens is 5. The molecule has 3 N–H and O–H groups in total. The van der Waals surface area contributed by atoms with Crippen LogP contribution in [0.4, 0.5) is 11.6 Å². The van der Waals surface area contributed by atoms with E-state index in [-0.39, 0.29) is 11.8 Å². The number of H-pyrrole nitrogens is 1. The van der Waals surface area contributed by atoms with E-state index < -0.39 is 0 Å². The number of aryl methyl sites for hydroxylation is 1. The zero-order chi connectivity index (χ0) is 19.8. The van der Waals surface area contributed by atoms with Crippen molar-refractivity contribution in [3.8, 4) is 0 Å². The minimum Gasteiger partial charge on any atom is -0.326 e. The molecule has 29 heavy (non-hydrogen) atoms. The summed E-state index contributed by atoms with van der Waals surface area (Å²) in [5.74, 6) is 3.32. The molecule has 1 saturated carbocycles. The molecule has 148 valence electrons. The van der Waals surface area contributed by atoms with Crippen LogP contribution in [0.15, 0.2) is 47.8 Å². The van der Waals surface area contributed by atoms with Crippen LogP contribution < -0.4 is 10.6 Å². The second kappa shape index (κ2) is 7.28. The molecule has 1 amide bonds. The predicted octanol–water partition coefficient (Wildman–Crippen LogP) is 3.05. The molecular weight excluding hydrogens is 388 g/mol. The zero-order valence-corrected chi connectivity index (χ0v) is 16.6. The molecular formula is C19H20N8OS. The number of imidazole rings is 1. The van der Waals surface area contributed by atoms with Crippen molar-refractivity contribution >= 4 is 35.3 Å². The first-order valence-corrected chi connectivity index (χ1v) is 10.2. The number of anilines is 2. The third-order valence-corrected chi connectivity index (χ3v) is 5.62. The lowest BCUT2D eigenvalue weighted by Crippen LogP contribution is -2.23. The largest absolute Gasteiger partial charge is 0.326 e. The van der Waals surface area contributed by atoms with E-state index in [0.717, 1.165) is 40.9 Å². The summed E-state index contributed by atoms with van der Waals surface area (Å²) in [6, 6.07) is 7.89. The average Bonchev–Trinajstić information content (AvgIpc) is 3.32. The Morgan fingerprint density at radius 1 is 1.28 bits per heavy atom. The summed E-state index contributed by atoms with van der Waals surface area (Å²) in [5.41, 5.74) is 0.832. The van der Waals surface area contributed by atoms with Crippen molar-refractivity contribution in [2.75, 3.05) is 10.6 Å². The van der Waals surface area contributed by atoms with Crippen LogP contribution in [0.25, 0.3) is 5.82 Å². The summed E-state index contributed by atoms with van der Waals surface area (Å²) >= 11 is 1.60. The van der Waals surface area contributed by atoms with Crippen molar-refractivity contribution < 1.29 is 4.79 Å². The summed E-state index contributed by atoms with van der Waals surface area (Å²) in [7, 11) is 0. The highest BCUT2D eigenvalue weighted by atomic mass is 32.2. The molecule has 0 atom stereocenters. The van der Waals surface area contributed by atoms with Gasteiger partial charge in [0.1, 0.15) is 17.5 Å². The molecule has 2 aliphatic rings. The van der Waals surface area contributed by atoms with Crippen molar-refractivity contribution in [2.24, 2.45) is 5.92 Å². The summed E-state index contributed by atoms with van der Waals surface area (Å²) in [6.07, 6.45) is 7.70. The Labute approximate surface area is 171 Å². The molecule has 0 unspecified atom stereocenters. The molecule has 0 saturated heterocycles. The monoisotopic (exact) mass is 408 g/mol. The minimum absolute atomic E-state index is 0.120. The number of aromatic amines is 1. The number of hydrogen-bond donors (Lipinski definition) is 3. The first kappa shape index (κ1) is 17.8. The zero-order valence-electron chi connectivity index (χ0n) is 15.8. The van der Waals surface area contributed by atoms with Gasteiger partial charge in [-0.1, -0.05) is 0 Å². The van der Waals surface area contributed by atoms with Gasteiger partial charge >= 0.3 is 0 Å². The van der Waals surface area contributed by atoms with E-state index in [9.17, 15) is 4.79 Å². The van der Waals surface area contributed by atoms with Crippen LogP contribution in [0.2, 0.25) is 0 Å². The summed E-state index contributed by atoms with van der Waals surface area (Å²) < 4.78 is 4.08. The van der Waals surface area contributed by atoms with E-state index in [1.165, 1.54) is 0 Å². The van der Waals surface area contributed by atoms with Crippen molar-refractivity contribution in [1.29, 1.82) is 0 Å². The normalized spacial score (nSPS) is 15.6. The van der Waals surface area contributed by atoms with E-state index in [1.54, 1.807) is 18.1 Å². The second-order valence-corrected chi connectivity index (χ2v) is 8.17. The van der Waals surface area contributed by atoms with E-state index in [4.69, 9.17) is 0 Å². The van der Waals surface area contributed by atoms with Gasteiger partial charge in [0.15, 0.2) is 0 Å². The molecule has 1 aliphatic heterocycles. The van der Waals surface area contributed by atoms with Crippen molar-refractivity contribution in [3.63, 3.8) is 0 Å². The second-order valence-electron chi connectivity index (χ2n) is 7.05. The van der Waals surface area contributed by atoms with Crippen LogP contribution in [-0.4, -0.2) is 34.9 Å². The van der Waals surface area contributed by atoms with Crippen LogP contribution >= 0.6 is 11.9 Å². The van der Waals surface area contributed by atoms with Crippen molar-refractivity contribution in [1.82, 2.24) is 29.0 Å². The summed E-state index contributed by atoms with van der Waals surface area (Å²) in [5, 5.41) is 13.2. The Kier molecular flexibility index (Phi) is 4.47. The first-order chi connectivity index (χ1) is 14.1. The van der Waals surface area contributed by atoms with Crippen LogP contribution in [0.3, 0.4) is 0 Å². The summed E-state index contributed by atoms with van der Waals surface area (Å²) in [4.78, 5) is 21.7. The SMILES string of the molecule is Cc1nc(NC2=CN(Sc3ccc(NC(=O)C4CC4)cc3)Cc3nccn32)n[nH]1. The molecule has 2 aromatic heterocycles. The maximum Gasteiger partial charge on any atom is 0.247 e. The van der Waals surface area contributed by atoms with Crippen molar-refractivity contribution in [2.45, 2.75) is 31.2 Å². The van der Waals surface area contributed by atoms with Gasteiger partial charge in [-0.05, 0) is 56.0 Å². The van der Waals surface area contributed by atoms with E-state index >= 15 is 0 Å². The standard InChI is InChI=1S/C19H20N8OS/c1-12-21-19(25-24-12)23-17-11-26(10-16-20-8-9-27(16)17)29-15-6-4-14(5-7-15)22-18(28)13-2-3-13/h4-9,11,13H,2-3,10H2,1H3,(H,22,28)(H2,21,23,24,25). The maximum absolute atomic E-state index is 11.9. The number of amides is 1. The molecule has 10 heteroatoms. The van der Waals surface area contributed by atoms with Gasteiger partial charge in [-0.2, -0.15) is 4.98 Å². The van der Waals surface area contributed by atoms with Gasteiger partial charge < -0.3 is 14.9 Å². The molecule has 3 aromatic rings. The lowest BCUT2D eigenvalue weighted by Gasteiger charge is -2.26. The Morgan fingerprint density at radius 3 is 2.83 bits per heavy atom. The number of fused-ring (bicyclic) bond motifs is 1. The Morgan fingerprint density at radius 2 is 2.10 bits per heavy atom. The van der Waals surface area contributed by atoms with E-state index in [2.05, 4.69) is 35.1 Å². The molecule has 0 spiro atoms. The third kappa shape index (κ3) is 3.97. The lowest BCUT2D eigenvalue weighted by molar-refractivity contribution is -0.117. The molecule has 1 aromatic carbocycles. The van der Waals surface area contributed by atoms with Gasteiger partial charge in [0.05, 0.1) is 12.7 Å². The number of rotatable bonds is 6. The fraction of sp³-hybridized carbons (Fsp3) is 0.263. The molecule has 1 aliphatic carbocycles. The van der Waals surface area contributed by atoms with Crippen LogP contribution in [0.1, 0.15) is 24.5 Å². The Hall–Kier alpha value is -3.27. The number of nitrogens with zero attached hydrogens (tertiary/aromatic N) is 5. The topological polar surface area (TPSA) is 104 Å². The fourth-order valence-corrected chi connectivity index (χ4v) is 3.90. The highest BCUT2D eigenvalue weighted by molar-refractivity contribution is 7.97. The van der Waals surface area contributed by atoms with E-state index in [0.29, 0.717) is 12.5 Å². The first-order valence-electron chi connectivity index (χ1n) is 9.40. The number of carbonyl (C=O) groups excluding carboxylic acids is 1. The predicted molar refractivity (Wildman–Crippen MR) is 110 cm³/mol. The van der Waals surface area contributed by atoms with Gasteiger partial charge in [0, 0.05) is 28.9 Å². The van der Waals surface area contributed by atoms with Crippen LogP contribution in [-0.2, 0) is 11.3 Å². The van der Waals surface area contributed by atoms with Gasteiger partial charge in [-0.15, -0.1) is 5.10 Å². The molecule has 3 heterocycles. The Balaban J connectivity index is 1.30. The average molecular weight is 408 g/mol. The number of hydrogen-bond acceptors (Lipinski definition) is 7. The molecule has 5 rings (SSSR count). The highest BCUT2D eigenvalue weighted by Gasteiger charge is 2.29. The smallest absolute Gasteiger partial charge is 0.247 e. The summed E-state index contributed by atoms with van der Waals surface area (Å²) in [6.45, 7) is 2.52. The molecule has 0 bridgehead atoms. The van der Waals surface area contributed by atoms with Gasteiger partial charge in [0.2, 0.25) is 11.9 Å². The molecule has 0 radical (unpaired) electrons. The Bertz CT molecular complexity index is 1070. The van der Waals surface area contributed by atoms with Crippen LogP contribution in [0.5, 0.6) is 0 Å². The van der Waals surface area contributed by atoms with Gasteiger partial charge in [0.25, 0.3) is 0 Å². The number of nitrogens with one attached hydrogen (secondary N) is 3. The van der Waals surface area contributed by atoms with Gasteiger partial charge in [-0.3, -0.25) is 14.5 Å². The quantitative estimate of drug-likeness (QED) is 0.539. The fourth-order valence-electron chi connectivity index (χ4n) is 3.04. The minimum atomic E-state index is 0.120. The highest BCUT2D eigenvalue weighted by Crippen LogP contribution is 2.32.